The maximum atomic E-state index is 12.1. The van der Waals surface area contributed by atoms with Gasteiger partial charge in [0.15, 0.2) is 0 Å². The van der Waals surface area contributed by atoms with E-state index in [1.165, 1.54) is 6.07 Å². The van der Waals surface area contributed by atoms with Gasteiger partial charge in [-0.1, -0.05) is 0 Å². The number of anilines is 1. The van der Waals surface area contributed by atoms with Crippen molar-refractivity contribution in [3.8, 4) is 0 Å². The van der Waals surface area contributed by atoms with Crippen molar-refractivity contribution in [2.75, 3.05) is 24.3 Å². The summed E-state index contributed by atoms with van der Waals surface area (Å²) in [5.74, 6) is -0.243. The Kier molecular flexibility index (Phi) is 4.59. The lowest BCUT2D eigenvalue weighted by molar-refractivity contribution is 0.581. The zero-order valence-electron chi connectivity index (χ0n) is 11.1. The van der Waals surface area contributed by atoms with Gasteiger partial charge in [-0.05, 0) is 37.1 Å². The van der Waals surface area contributed by atoms with E-state index in [0.29, 0.717) is 11.3 Å². The number of nitrogen functional groups attached to an aromatic ring is 1. The molecule has 0 amide bonds. The van der Waals surface area contributed by atoms with E-state index in [1.807, 2.05) is 0 Å². The predicted octanol–water partition coefficient (Wildman–Crippen LogP) is 0.209. The third-order valence-corrected chi connectivity index (χ3v) is 5.13. The molecule has 0 aliphatic carbocycles. The van der Waals surface area contributed by atoms with Crippen molar-refractivity contribution in [2.45, 2.75) is 18.7 Å². The Morgan fingerprint density at radius 3 is 2.26 bits per heavy atom. The van der Waals surface area contributed by atoms with Crippen molar-refractivity contribution in [3.63, 3.8) is 0 Å². The van der Waals surface area contributed by atoms with Crippen molar-refractivity contribution in [1.29, 1.82) is 0 Å². The molecule has 108 valence electrons. The second kappa shape index (κ2) is 5.48. The number of nitrogens with two attached hydrogens (primary N) is 1. The molecule has 1 aromatic rings. The molecule has 0 aromatic heterocycles. The fraction of sp³-hybridized carbons (Fsp3) is 0.455. The summed E-state index contributed by atoms with van der Waals surface area (Å²) in [6, 6.07) is 3.19. The number of hydrogen-bond acceptors (Lipinski definition) is 5. The van der Waals surface area contributed by atoms with E-state index < -0.39 is 19.9 Å². The lowest BCUT2D eigenvalue weighted by Gasteiger charge is -2.12. The van der Waals surface area contributed by atoms with Crippen molar-refractivity contribution in [2.24, 2.45) is 0 Å². The van der Waals surface area contributed by atoms with Crippen LogP contribution in [0.3, 0.4) is 0 Å². The fourth-order valence-corrected chi connectivity index (χ4v) is 3.56. The van der Waals surface area contributed by atoms with E-state index in [4.69, 9.17) is 5.73 Å². The largest absolute Gasteiger partial charge is 0.398 e. The first-order valence-electron chi connectivity index (χ1n) is 5.57. The minimum atomic E-state index is -3.75. The van der Waals surface area contributed by atoms with Gasteiger partial charge in [0, 0.05) is 18.5 Å². The standard InChI is InChI=1S/C11H18N2O4S2/c1-8-6-10(12)9(2)11(7-8)19(16,17)13-4-5-18(3,14)15/h6-7,13H,4-5,12H2,1-3H3. The number of hydrogen-bond donors (Lipinski definition) is 2. The summed E-state index contributed by atoms with van der Waals surface area (Å²) in [6.07, 6.45) is 1.05. The van der Waals surface area contributed by atoms with Gasteiger partial charge >= 0.3 is 0 Å². The average molecular weight is 306 g/mol. The van der Waals surface area contributed by atoms with Crippen LogP contribution in [0.15, 0.2) is 17.0 Å². The van der Waals surface area contributed by atoms with Crippen LogP contribution in [0, 0.1) is 13.8 Å². The van der Waals surface area contributed by atoms with Crippen molar-refractivity contribution < 1.29 is 16.8 Å². The second-order valence-electron chi connectivity index (χ2n) is 4.50. The van der Waals surface area contributed by atoms with Crippen LogP contribution in [0.5, 0.6) is 0 Å². The Hall–Kier alpha value is -1.12. The fourth-order valence-electron chi connectivity index (χ4n) is 1.57. The van der Waals surface area contributed by atoms with E-state index in [0.717, 1.165) is 11.8 Å². The van der Waals surface area contributed by atoms with Crippen LogP contribution in [0.4, 0.5) is 5.69 Å². The van der Waals surface area contributed by atoms with E-state index in [-0.39, 0.29) is 17.2 Å². The number of rotatable bonds is 5. The molecule has 0 spiro atoms. The van der Waals surface area contributed by atoms with Crippen molar-refractivity contribution in [3.05, 3.63) is 23.3 Å². The van der Waals surface area contributed by atoms with E-state index in [1.54, 1.807) is 19.9 Å². The van der Waals surface area contributed by atoms with Gasteiger partial charge in [0.25, 0.3) is 0 Å². The zero-order valence-corrected chi connectivity index (χ0v) is 12.7. The first kappa shape index (κ1) is 15.9. The molecular formula is C11H18N2O4S2. The van der Waals surface area contributed by atoms with Gasteiger partial charge in [-0.2, -0.15) is 0 Å². The number of aryl methyl sites for hydroxylation is 1. The maximum absolute atomic E-state index is 12.1. The number of benzene rings is 1. The summed E-state index contributed by atoms with van der Waals surface area (Å²) >= 11 is 0. The average Bonchev–Trinajstić information content (AvgIpc) is 2.20. The lowest BCUT2D eigenvalue weighted by Crippen LogP contribution is -2.29. The van der Waals surface area contributed by atoms with Gasteiger partial charge in [0.05, 0.1) is 10.6 Å². The van der Waals surface area contributed by atoms with E-state index >= 15 is 0 Å². The van der Waals surface area contributed by atoms with Gasteiger partial charge in [-0.3, -0.25) is 0 Å². The molecule has 0 aliphatic rings. The van der Waals surface area contributed by atoms with Crippen LogP contribution in [0.1, 0.15) is 11.1 Å². The van der Waals surface area contributed by atoms with Crippen LogP contribution in [0.2, 0.25) is 0 Å². The molecule has 1 aromatic carbocycles. The molecule has 0 aliphatic heterocycles. The summed E-state index contributed by atoms with van der Waals surface area (Å²) in [7, 11) is -6.96. The molecular weight excluding hydrogens is 288 g/mol. The maximum Gasteiger partial charge on any atom is 0.240 e. The molecule has 0 heterocycles. The number of sulfone groups is 1. The normalized spacial score (nSPS) is 12.6. The summed E-state index contributed by atoms with van der Waals surface area (Å²) in [5.41, 5.74) is 7.30. The summed E-state index contributed by atoms with van der Waals surface area (Å²) < 4.78 is 48.4. The van der Waals surface area contributed by atoms with Crippen LogP contribution in [-0.2, 0) is 19.9 Å². The minimum absolute atomic E-state index is 0.0819. The Bertz CT molecular complexity index is 679. The van der Waals surface area contributed by atoms with Gasteiger partial charge in [-0.15, -0.1) is 0 Å². The molecule has 3 N–H and O–H groups in total. The van der Waals surface area contributed by atoms with Gasteiger partial charge < -0.3 is 5.73 Å². The monoisotopic (exact) mass is 306 g/mol. The lowest BCUT2D eigenvalue weighted by atomic mass is 10.1. The third kappa shape index (κ3) is 4.48. The molecule has 0 radical (unpaired) electrons. The van der Waals surface area contributed by atoms with E-state index in [9.17, 15) is 16.8 Å². The number of sulfonamides is 1. The highest BCUT2D eigenvalue weighted by atomic mass is 32.2. The highest BCUT2D eigenvalue weighted by molar-refractivity contribution is 7.91. The van der Waals surface area contributed by atoms with Gasteiger partial charge in [0.2, 0.25) is 10.0 Å². The highest BCUT2D eigenvalue weighted by Crippen LogP contribution is 2.22. The molecule has 0 unspecified atom stereocenters. The summed E-state index contributed by atoms with van der Waals surface area (Å²) in [5, 5.41) is 0. The van der Waals surface area contributed by atoms with Crippen molar-refractivity contribution in [1.82, 2.24) is 4.72 Å². The summed E-state index contributed by atoms with van der Waals surface area (Å²) in [6.45, 7) is 3.19. The Balaban J connectivity index is 3.02. The molecule has 0 bridgehead atoms. The molecule has 0 fully saturated rings. The Labute approximate surface area is 114 Å². The number of nitrogens with one attached hydrogen (secondary N) is 1. The van der Waals surface area contributed by atoms with Crippen LogP contribution < -0.4 is 10.5 Å². The minimum Gasteiger partial charge on any atom is -0.398 e. The van der Waals surface area contributed by atoms with E-state index in [2.05, 4.69) is 4.72 Å². The topological polar surface area (TPSA) is 106 Å². The Morgan fingerprint density at radius 1 is 1.16 bits per heavy atom. The van der Waals surface area contributed by atoms with Crippen LogP contribution in [0.25, 0.3) is 0 Å². The van der Waals surface area contributed by atoms with Gasteiger partial charge in [0.1, 0.15) is 9.84 Å². The highest BCUT2D eigenvalue weighted by Gasteiger charge is 2.18. The molecule has 1 rings (SSSR count). The van der Waals surface area contributed by atoms with Crippen LogP contribution >= 0.6 is 0 Å². The predicted molar refractivity (Wildman–Crippen MR) is 75.2 cm³/mol. The first-order chi connectivity index (χ1) is 8.53. The molecule has 8 heteroatoms. The Morgan fingerprint density at radius 2 is 1.74 bits per heavy atom. The molecule has 6 nitrogen and oxygen atoms in total. The second-order valence-corrected chi connectivity index (χ2v) is 8.50. The van der Waals surface area contributed by atoms with Crippen molar-refractivity contribution >= 4 is 25.5 Å². The smallest absolute Gasteiger partial charge is 0.240 e. The van der Waals surface area contributed by atoms with Gasteiger partial charge in [-0.25, -0.2) is 21.6 Å². The molecule has 19 heavy (non-hydrogen) atoms. The third-order valence-electron chi connectivity index (χ3n) is 2.60. The SMILES string of the molecule is Cc1cc(N)c(C)c(S(=O)(=O)NCCS(C)(=O)=O)c1. The quantitative estimate of drug-likeness (QED) is 0.756. The zero-order chi connectivity index (χ0) is 14.8. The van der Waals surface area contributed by atoms with Crippen LogP contribution in [-0.4, -0.2) is 35.4 Å². The molecule has 0 saturated heterocycles. The molecule has 0 saturated carbocycles. The first-order valence-corrected chi connectivity index (χ1v) is 9.11. The summed E-state index contributed by atoms with van der Waals surface area (Å²) in [4.78, 5) is 0.0819. The molecule has 0 atom stereocenters.